The van der Waals surface area contributed by atoms with E-state index in [-0.39, 0.29) is 23.2 Å². The van der Waals surface area contributed by atoms with Crippen LogP contribution in [0.5, 0.6) is 11.5 Å². The van der Waals surface area contributed by atoms with E-state index in [0.717, 1.165) is 59.6 Å². The van der Waals surface area contributed by atoms with Gasteiger partial charge in [-0.05, 0) is 79.7 Å². The molecule has 4 rings (SSSR count). The number of anilines is 1. The van der Waals surface area contributed by atoms with Crippen molar-refractivity contribution in [1.29, 1.82) is 0 Å². The Morgan fingerprint density at radius 2 is 1.79 bits per heavy atom. The number of ether oxygens (including phenoxy) is 3. The lowest BCUT2D eigenvalue weighted by molar-refractivity contribution is 0.0981. The topological polar surface area (TPSA) is 101 Å². The molecule has 0 N–H and O–H groups in total. The van der Waals surface area contributed by atoms with E-state index in [1.165, 1.54) is 0 Å². The zero-order valence-corrected chi connectivity index (χ0v) is 27.0. The molecule has 2 aliphatic heterocycles. The van der Waals surface area contributed by atoms with Crippen molar-refractivity contribution < 1.29 is 28.6 Å². The Labute approximate surface area is 258 Å². The number of fused-ring (bicyclic) bond motifs is 1. The first-order valence-electron chi connectivity index (χ1n) is 14.7. The largest absolute Gasteiger partial charge is 0.493 e. The van der Waals surface area contributed by atoms with Gasteiger partial charge in [-0.25, -0.2) is 4.79 Å². The maximum absolute atomic E-state index is 13.7. The molecule has 2 aliphatic rings. The van der Waals surface area contributed by atoms with Crippen molar-refractivity contribution in [2.24, 2.45) is 5.10 Å². The maximum Gasteiger partial charge on any atom is 0.438 e. The Hall–Kier alpha value is -3.57. The molecule has 1 atom stereocenters. The highest BCUT2D eigenvalue weighted by atomic mass is 32.2. The molecule has 0 fully saturated rings. The third-order valence-electron chi connectivity index (χ3n) is 8.10. The van der Waals surface area contributed by atoms with Gasteiger partial charge in [0, 0.05) is 24.3 Å². The number of rotatable bonds is 10. The minimum atomic E-state index is -0.772. The number of methoxy groups -OCH3 is 2. The Balaban J connectivity index is 1.59. The van der Waals surface area contributed by atoms with Crippen LogP contribution >= 0.6 is 11.8 Å². The van der Waals surface area contributed by atoms with Crippen LogP contribution in [0.25, 0.3) is 0 Å². The van der Waals surface area contributed by atoms with Gasteiger partial charge in [-0.15, -0.1) is 5.01 Å². The number of hydrogen-bond acceptors (Lipinski definition) is 9. The molecule has 2 heterocycles. The number of imide groups is 1. The van der Waals surface area contributed by atoms with E-state index in [1.54, 1.807) is 37.3 Å². The summed E-state index contributed by atoms with van der Waals surface area (Å²) in [5.74, 6) is 0.912. The Morgan fingerprint density at radius 3 is 2.47 bits per heavy atom. The smallest absolute Gasteiger partial charge is 0.438 e. The summed E-state index contributed by atoms with van der Waals surface area (Å²) in [5.41, 5.74) is 3.49. The van der Waals surface area contributed by atoms with E-state index in [4.69, 9.17) is 14.2 Å². The lowest BCUT2D eigenvalue weighted by Crippen LogP contribution is -2.41. The van der Waals surface area contributed by atoms with Gasteiger partial charge in [-0.2, -0.15) is 5.10 Å². The minimum absolute atomic E-state index is 0.134. The summed E-state index contributed by atoms with van der Waals surface area (Å²) in [6.45, 7) is 13.8. The van der Waals surface area contributed by atoms with Gasteiger partial charge in [-0.1, -0.05) is 45.5 Å². The summed E-state index contributed by atoms with van der Waals surface area (Å²) in [5, 5.41) is 4.58. The number of hydrazone groups is 1. The molecule has 0 aromatic heterocycles. The number of nitrogens with zero attached hydrogens (tertiary/aromatic N) is 4. The quantitative estimate of drug-likeness (QED) is 0.295. The van der Waals surface area contributed by atoms with Gasteiger partial charge in [-0.3, -0.25) is 9.59 Å². The molecule has 0 radical (unpaired) electrons. The van der Waals surface area contributed by atoms with Crippen LogP contribution in [0.2, 0.25) is 0 Å². The number of amides is 3. The van der Waals surface area contributed by atoms with Crippen molar-refractivity contribution >= 4 is 40.4 Å². The van der Waals surface area contributed by atoms with Crippen molar-refractivity contribution in [2.45, 2.75) is 58.1 Å². The summed E-state index contributed by atoms with van der Waals surface area (Å²) in [6, 6.07) is 11.0. The molecule has 0 saturated heterocycles. The highest BCUT2D eigenvalue weighted by Crippen LogP contribution is 2.42. The van der Waals surface area contributed by atoms with Crippen LogP contribution in [0.3, 0.4) is 0 Å². The molecule has 0 bridgehead atoms. The second-order valence-electron chi connectivity index (χ2n) is 11.2. The van der Waals surface area contributed by atoms with E-state index < -0.39 is 11.3 Å². The summed E-state index contributed by atoms with van der Waals surface area (Å²) in [6.07, 6.45) is 0.656. The molecule has 2 aromatic carbocycles. The van der Waals surface area contributed by atoms with Gasteiger partial charge >= 0.3 is 11.3 Å². The molecule has 11 heteroatoms. The lowest BCUT2D eigenvalue weighted by atomic mass is 9.76. The van der Waals surface area contributed by atoms with Gasteiger partial charge in [0.05, 0.1) is 31.8 Å². The summed E-state index contributed by atoms with van der Waals surface area (Å²) >= 11 is 1.04. The second kappa shape index (κ2) is 13.8. The first-order chi connectivity index (χ1) is 20.5. The first kappa shape index (κ1) is 32.3. The molecule has 2 aromatic rings. The molecule has 0 aliphatic carbocycles. The normalized spacial score (nSPS) is 17.8. The molecule has 0 saturated carbocycles. The first-order valence-corrected chi connectivity index (χ1v) is 15.6. The zero-order chi connectivity index (χ0) is 31.3. The maximum atomic E-state index is 13.7. The van der Waals surface area contributed by atoms with E-state index in [0.29, 0.717) is 35.7 Å². The third-order valence-corrected chi connectivity index (χ3v) is 9.05. The lowest BCUT2D eigenvalue weighted by Gasteiger charge is -2.39. The fourth-order valence-corrected chi connectivity index (χ4v) is 6.21. The Kier molecular flexibility index (Phi) is 10.4. The molecule has 0 spiro atoms. The molecular weight excluding hydrogens is 568 g/mol. The number of carbonyl (C=O) groups excluding carboxylic acids is 3. The van der Waals surface area contributed by atoms with Crippen molar-refractivity contribution in [1.82, 2.24) is 9.91 Å². The molecular formula is C32H42N4O6S. The second-order valence-corrected chi connectivity index (χ2v) is 12.5. The van der Waals surface area contributed by atoms with Crippen molar-refractivity contribution in [3.8, 4) is 11.5 Å². The van der Waals surface area contributed by atoms with E-state index in [2.05, 4.69) is 37.7 Å². The highest BCUT2D eigenvalue weighted by molar-refractivity contribution is 8.14. The molecule has 10 nitrogen and oxygen atoms in total. The summed E-state index contributed by atoms with van der Waals surface area (Å²) in [4.78, 5) is 43.3. The van der Waals surface area contributed by atoms with Crippen molar-refractivity contribution in [3.05, 3.63) is 53.1 Å². The van der Waals surface area contributed by atoms with Gasteiger partial charge in [0.2, 0.25) is 0 Å². The van der Waals surface area contributed by atoms with Crippen molar-refractivity contribution in [2.75, 3.05) is 51.9 Å². The molecule has 3 amide bonds. The Bertz CT molecular complexity index is 1390. The summed E-state index contributed by atoms with van der Waals surface area (Å²) < 4.78 is 16.2. The SMILES string of the molecule is CCN(CC)CCCOC(=O)N1N=C(c2ccc3c(c2)C(C)(C)CCN3C(=O)c2ccc(OC)c(OC)c2)C(C)SC1=O. The van der Waals surface area contributed by atoms with E-state index in [1.807, 2.05) is 25.1 Å². The number of hydrogen-bond donors (Lipinski definition) is 0. The predicted molar refractivity (Wildman–Crippen MR) is 170 cm³/mol. The molecule has 43 heavy (non-hydrogen) atoms. The van der Waals surface area contributed by atoms with Gasteiger partial charge in [0.1, 0.15) is 0 Å². The molecule has 1 unspecified atom stereocenters. The standard InChI is InChI=1S/C32H42N4O6S/c1-8-34(9-2)16-10-18-42-30(38)36-31(39)43-21(3)28(33-36)22-11-13-25-24(19-22)32(4,5)15-17-35(25)29(37)23-12-14-26(40-6)27(20-23)41-7/h11-14,19-21H,8-10,15-18H2,1-7H3. The van der Waals surface area contributed by atoms with E-state index >= 15 is 0 Å². The van der Waals surface area contributed by atoms with Crippen LogP contribution in [0.15, 0.2) is 41.5 Å². The van der Waals surface area contributed by atoms with Crippen molar-refractivity contribution in [3.63, 3.8) is 0 Å². The van der Waals surface area contributed by atoms with E-state index in [9.17, 15) is 14.4 Å². The fourth-order valence-electron chi connectivity index (χ4n) is 5.40. The van der Waals surface area contributed by atoms with Gasteiger partial charge < -0.3 is 24.0 Å². The Morgan fingerprint density at radius 1 is 1.07 bits per heavy atom. The minimum Gasteiger partial charge on any atom is -0.493 e. The fraction of sp³-hybridized carbons (Fsp3) is 0.500. The van der Waals surface area contributed by atoms with Crippen LogP contribution in [0, 0.1) is 0 Å². The zero-order valence-electron chi connectivity index (χ0n) is 26.1. The monoisotopic (exact) mass is 610 g/mol. The number of benzene rings is 2. The van der Waals surface area contributed by atoms with Gasteiger partial charge in [0.15, 0.2) is 11.5 Å². The molecule has 232 valence electrons. The van der Waals surface area contributed by atoms with Crippen LogP contribution in [0.4, 0.5) is 15.3 Å². The highest BCUT2D eigenvalue weighted by Gasteiger charge is 2.37. The average Bonchev–Trinajstić information content (AvgIpc) is 3.00. The number of thioether (sulfide) groups is 1. The van der Waals surface area contributed by atoms with Crippen LogP contribution < -0.4 is 14.4 Å². The average molecular weight is 611 g/mol. The van der Waals surface area contributed by atoms with Crippen LogP contribution in [-0.2, 0) is 10.2 Å². The number of carbonyl (C=O) groups is 3. The van der Waals surface area contributed by atoms with Gasteiger partial charge in [0.25, 0.3) is 5.91 Å². The predicted octanol–water partition coefficient (Wildman–Crippen LogP) is 6.16. The van der Waals surface area contributed by atoms with Crippen LogP contribution in [0.1, 0.15) is 68.9 Å². The summed E-state index contributed by atoms with van der Waals surface area (Å²) in [7, 11) is 3.10. The van der Waals surface area contributed by atoms with Crippen LogP contribution in [-0.4, -0.2) is 85.1 Å². The third kappa shape index (κ3) is 6.99.